The number of hydrogen-bond donors (Lipinski definition) is 1. The van der Waals surface area contributed by atoms with Gasteiger partial charge in [0.2, 0.25) is 0 Å². The van der Waals surface area contributed by atoms with E-state index in [1.54, 1.807) is 0 Å². The summed E-state index contributed by atoms with van der Waals surface area (Å²) < 4.78 is 5.79. The van der Waals surface area contributed by atoms with Gasteiger partial charge in [-0.2, -0.15) is 0 Å². The first-order valence-corrected chi connectivity index (χ1v) is 7.03. The van der Waals surface area contributed by atoms with E-state index in [0.29, 0.717) is 12.6 Å². The molecule has 0 radical (unpaired) electrons. The lowest BCUT2D eigenvalue weighted by Crippen LogP contribution is -2.14. The van der Waals surface area contributed by atoms with E-state index in [1.807, 2.05) is 38.5 Å². The van der Waals surface area contributed by atoms with Crippen molar-refractivity contribution < 1.29 is 4.74 Å². The summed E-state index contributed by atoms with van der Waals surface area (Å²) in [6, 6.07) is 10.8. The Balaban J connectivity index is 1.97. The van der Waals surface area contributed by atoms with Gasteiger partial charge in [-0.15, -0.1) is 0 Å². The first kappa shape index (κ1) is 14.5. The van der Waals surface area contributed by atoms with Crippen LogP contribution >= 0.6 is 0 Å². The molecule has 1 aromatic heterocycles. The van der Waals surface area contributed by atoms with Crippen LogP contribution in [0.4, 0.5) is 0 Å². The monoisotopic (exact) mass is 270 g/mol. The molecule has 0 bridgehead atoms. The molecule has 1 N–H and O–H groups in total. The molecule has 1 aromatic carbocycles. The van der Waals surface area contributed by atoms with Gasteiger partial charge in [-0.3, -0.25) is 4.98 Å². The lowest BCUT2D eigenvalue weighted by molar-refractivity contribution is 0.305. The third-order valence-corrected chi connectivity index (χ3v) is 3.38. The van der Waals surface area contributed by atoms with E-state index in [1.165, 1.54) is 5.56 Å². The molecule has 2 rings (SSSR count). The van der Waals surface area contributed by atoms with Gasteiger partial charge in [-0.1, -0.05) is 19.1 Å². The average molecular weight is 270 g/mol. The SMILES string of the molecule is CCC(NC)c1ccc(OCc2cncc(C)c2)cc1. The Kier molecular flexibility index (Phi) is 5.13. The van der Waals surface area contributed by atoms with E-state index < -0.39 is 0 Å². The molecule has 0 saturated heterocycles. The van der Waals surface area contributed by atoms with Crippen molar-refractivity contribution in [3.63, 3.8) is 0 Å². The normalized spacial score (nSPS) is 12.2. The fourth-order valence-electron chi connectivity index (χ4n) is 2.27. The topological polar surface area (TPSA) is 34.1 Å². The number of pyridine rings is 1. The zero-order valence-electron chi connectivity index (χ0n) is 12.4. The Morgan fingerprint density at radius 3 is 2.55 bits per heavy atom. The Bertz CT molecular complexity index is 533. The number of aromatic nitrogens is 1. The second-order valence-corrected chi connectivity index (χ2v) is 4.98. The zero-order valence-corrected chi connectivity index (χ0v) is 12.4. The smallest absolute Gasteiger partial charge is 0.119 e. The molecule has 0 amide bonds. The van der Waals surface area contributed by atoms with E-state index in [-0.39, 0.29) is 0 Å². The van der Waals surface area contributed by atoms with Gasteiger partial charge in [-0.05, 0) is 49.7 Å². The van der Waals surface area contributed by atoms with Crippen molar-refractivity contribution in [3.05, 3.63) is 59.4 Å². The minimum Gasteiger partial charge on any atom is -0.489 e. The number of benzene rings is 1. The van der Waals surface area contributed by atoms with Crippen molar-refractivity contribution in [2.75, 3.05) is 7.05 Å². The van der Waals surface area contributed by atoms with Gasteiger partial charge < -0.3 is 10.1 Å². The van der Waals surface area contributed by atoms with Crippen LogP contribution in [0, 0.1) is 6.92 Å². The molecule has 0 saturated carbocycles. The van der Waals surface area contributed by atoms with Crippen molar-refractivity contribution in [2.24, 2.45) is 0 Å². The van der Waals surface area contributed by atoms with Crippen LogP contribution in [0.2, 0.25) is 0 Å². The molecular formula is C17H22N2O. The minimum absolute atomic E-state index is 0.407. The highest BCUT2D eigenvalue weighted by molar-refractivity contribution is 5.29. The number of rotatable bonds is 6. The number of nitrogens with zero attached hydrogens (tertiary/aromatic N) is 1. The number of aryl methyl sites for hydroxylation is 1. The van der Waals surface area contributed by atoms with E-state index in [2.05, 4.69) is 35.4 Å². The molecule has 3 heteroatoms. The second-order valence-electron chi connectivity index (χ2n) is 4.98. The van der Waals surface area contributed by atoms with Crippen molar-refractivity contribution in [3.8, 4) is 5.75 Å². The molecular weight excluding hydrogens is 248 g/mol. The van der Waals surface area contributed by atoms with Gasteiger partial charge in [0.1, 0.15) is 12.4 Å². The summed E-state index contributed by atoms with van der Waals surface area (Å²) in [5.74, 6) is 0.890. The molecule has 20 heavy (non-hydrogen) atoms. The molecule has 2 aromatic rings. The van der Waals surface area contributed by atoms with Crippen molar-refractivity contribution >= 4 is 0 Å². The highest BCUT2D eigenvalue weighted by Crippen LogP contribution is 2.20. The summed E-state index contributed by atoms with van der Waals surface area (Å²) in [4.78, 5) is 4.17. The molecule has 106 valence electrons. The van der Waals surface area contributed by atoms with Crippen LogP contribution in [-0.4, -0.2) is 12.0 Å². The van der Waals surface area contributed by atoms with Crippen LogP contribution < -0.4 is 10.1 Å². The third kappa shape index (κ3) is 3.81. The molecule has 3 nitrogen and oxygen atoms in total. The summed E-state index contributed by atoms with van der Waals surface area (Å²) >= 11 is 0. The first-order valence-electron chi connectivity index (χ1n) is 7.03. The van der Waals surface area contributed by atoms with Gasteiger partial charge in [0.15, 0.2) is 0 Å². The molecule has 0 aliphatic heterocycles. The molecule has 1 heterocycles. The van der Waals surface area contributed by atoms with Crippen molar-refractivity contribution in [1.29, 1.82) is 0 Å². The maximum Gasteiger partial charge on any atom is 0.119 e. The fourth-order valence-corrected chi connectivity index (χ4v) is 2.27. The number of hydrogen-bond acceptors (Lipinski definition) is 3. The Hall–Kier alpha value is -1.87. The third-order valence-electron chi connectivity index (χ3n) is 3.38. The summed E-state index contributed by atoms with van der Waals surface area (Å²) in [6.07, 6.45) is 4.77. The predicted molar refractivity (Wildman–Crippen MR) is 81.8 cm³/mol. The lowest BCUT2D eigenvalue weighted by atomic mass is 10.0. The van der Waals surface area contributed by atoms with Crippen LogP contribution in [0.5, 0.6) is 5.75 Å². The zero-order chi connectivity index (χ0) is 14.4. The molecule has 0 aliphatic rings. The van der Waals surface area contributed by atoms with Crippen LogP contribution in [0.3, 0.4) is 0 Å². The van der Waals surface area contributed by atoms with Crippen molar-refractivity contribution in [2.45, 2.75) is 32.9 Å². The highest BCUT2D eigenvalue weighted by atomic mass is 16.5. The maximum absolute atomic E-state index is 5.79. The van der Waals surface area contributed by atoms with Crippen LogP contribution in [0.15, 0.2) is 42.7 Å². The van der Waals surface area contributed by atoms with Gasteiger partial charge in [-0.25, -0.2) is 0 Å². The summed E-state index contributed by atoms with van der Waals surface area (Å²) in [7, 11) is 1.99. The van der Waals surface area contributed by atoms with Crippen LogP contribution in [0.1, 0.15) is 36.1 Å². The molecule has 0 aliphatic carbocycles. The predicted octanol–water partition coefficient (Wildman–Crippen LogP) is 3.64. The Labute approximate surface area is 121 Å². The van der Waals surface area contributed by atoms with Gasteiger partial charge in [0.25, 0.3) is 0 Å². The summed E-state index contributed by atoms with van der Waals surface area (Å²) in [6.45, 7) is 4.77. The average Bonchev–Trinajstić information content (AvgIpc) is 2.48. The summed E-state index contributed by atoms with van der Waals surface area (Å²) in [5.41, 5.74) is 3.54. The molecule has 0 fully saturated rings. The Morgan fingerprint density at radius 2 is 1.95 bits per heavy atom. The number of ether oxygens (including phenoxy) is 1. The van der Waals surface area contributed by atoms with Crippen LogP contribution in [-0.2, 0) is 6.61 Å². The quantitative estimate of drug-likeness (QED) is 0.870. The van der Waals surface area contributed by atoms with Crippen molar-refractivity contribution in [1.82, 2.24) is 10.3 Å². The highest BCUT2D eigenvalue weighted by Gasteiger charge is 2.06. The maximum atomic E-state index is 5.79. The largest absolute Gasteiger partial charge is 0.489 e. The van der Waals surface area contributed by atoms with E-state index in [0.717, 1.165) is 23.3 Å². The summed E-state index contributed by atoms with van der Waals surface area (Å²) in [5, 5.41) is 3.30. The molecule has 1 atom stereocenters. The van der Waals surface area contributed by atoms with Gasteiger partial charge in [0, 0.05) is 24.0 Å². The molecule has 1 unspecified atom stereocenters. The lowest BCUT2D eigenvalue weighted by Gasteiger charge is -2.14. The second kappa shape index (κ2) is 7.06. The fraction of sp³-hybridized carbons (Fsp3) is 0.353. The molecule has 0 spiro atoms. The standard InChI is InChI=1S/C17H22N2O/c1-4-17(18-3)15-5-7-16(8-6-15)20-12-14-9-13(2)10-19-11-14/h5-11,17-18H,4,12H2,1-3H3. The van der Waals surface area contributed by atoms with E-state index in [4.69, 9.17) is 4.74 Å². The van der Waals surface area contributed by atoms with E-state index in [9.17, 15) is 0 Å². The van der Waals surface area contributed by atoms with Gasteiger partial charge >= 0.3 is 0 Å². The number of nitrogens with one attached hydrogen (secondary N) is 1. The van der Waals surface area contributed by atoms with Gasteiger partial charge in [0.05, 0.1) is 0 Å². The van der Waals surface area contributed by atoms with Crippen LogP contribution in [0.25, 0.3) is 0 Å². The minimum atomic E-state index is 0.407. The first-order chi connectivity index (χ1) is 9.72. The Morgan fingerprint density at radius 1 is 1.20 bits per heavy atom. The van der Waals surface area contributed by atoms with E-state index >= 15 is 0 Å².